The molecule has 1 aromatic heterocycles. The lowest BCUT2D eigenvalue weighted by Gasteiger charge is -2.36. The molecule has 1 fully saturated rings. The fourth-order valence-corrected chi connectivity index (χ4v) is 7.40. The number of nitrogens with zero attached hydrogens (tertiary/aromatic N) is 3. The maximum atomic E-state index is 13.4. The van der Waals surface area contributed by atoms with E-state index in [1.54, 1.807) is 20.3 Å². The van der Waals surface area contributed by atoms with Crippen LogP contribution in [0.25, 0.3) is 0 Å². The van der Waals surface area contributed by atoms with Gasteiger partial charge in [-0.1, -0.05) is 64.2 Å². The van der Waals surface area contributed by atoms with Crippen LogP contribution in [0.3, 0.4) is 0 Å². The van der Waals surface area contributed by atoms with E-state index in [0.717, 1.165) is 18.4 Å². The van der Waals surface area contributed by atoms with E-state index in [4.69, 9.17) is 9.47 Å². The van der Waals surface area contributed by atoms with Crippen LogP contribution in [-0.2, 0) is 26.3 Å². The van der Waals surface area contributed by atoms with Crippen LogP contribution in [0, 0.1) is 0 Å². The molecule has 3 rings (SSSR count). The van der Waals surface area contributed by atoms with Crippen molar-refractivity contribution < 1.29 is 17.9 Å². The van der Waals surface area contributed by atoms with E-state index in [-0.39, 0.29) is 17.2 Å². The Morgan fingerprint density at radius 3 is 2.44 bits per heavy atom. The highest BCUT2D eigenvalue weighted by atomic mass is 32.2. The van der Waals surface area contributed by atoms with E-state index in [2.05, 4.69) is 38.8 Å². The van der Waals surface area contributed by atoms with E-state index in [0.29, 0.717) is 24.4 Å². The van der Waals surface area contributed by atoms with Gasteiger partial charge in [0.15, 0.2) is 0 Å². The SMILES string of the molecule is CN(C)S(=O)(=O)n1c(C2CC[C@@H](COCc3ccccc3)O2)cnc1[Si](C)(C)C(C)(C)C. The molecule has 2 heterocycles. The molecule has 1 unspecified atom stereocenters. The van der Waals surface area contributed by atoms with Crippen molar-refractivity contribution >= 4 is 23.7 Å². The average Bonchev–Trinajstić information content (AvgIpc) is 3.35. The molecule has 0 aliphatic carbocycles. The molecule has 32 heavy (non-hydrogen) atoms. The Hall–Kier alpha value is -1.52. The number of aromatic nitrogens is 2. The Morgan fingerprint density at radius 2 is 1.84 bits per heavy atom. The lowest BCUT2D eigenvalue weighted by Crippen LogP contribution is -2.56. The van der Waals surface area contributed by atoms with Crippen LogP contribution in [0.4, 0.5) is 0 Å². The summed E-state index contributed by atoms with van der Waals surface area (Å²) in [7, 11) is -2.84. The Bertz CT molecular complexity index is 1010. The molecular formula is C23H37N3O4SSi. The maximum absolute atomic E-state index is 13.4. The third-order valence-electron chi connectivity index (χ3n) is 6.72. The second-order valence-electron chi connectivity index (χ2n) is 10.3. The fraction of sp³-hybridized carbons (Fsp3) is 0.609. The van der Waals surface area contributed by atoms with E-state index in [1.165, 1.54) is 8.28 Å². The number of rotatable bonds is 8. The minimum absolute atomic E-state index is 0.0560. The van der Waals surface area contributed by atoms with Crippen LogP contribution in [-0.4, -0.2) is 56.6 Å². The minimum Gasteiger partial charge on any atom is -0.374 e. The van der Waals surface area contributed by atoms with Gasteiger partial charge in [0.05, 0.1) is 31.2 Å². The first-order valence-electron chi connectivity index (χ1n) is 11.1. The number of benzene rings is 1. The van der Waals surface area contributed by atoms with Crippen molar-refractivity contribution in [3.05, 3.63) is 47.8 Å². The molecule has 0 bridgehead atoms. The van der Waals surface area contributed by atoms with Crippen molar-refractivity contribution in [2.75, 3.05) is 20.7 Å². The molecule has 0 N–H and O–H groups in total. The molecule has 2 atom stereocenters. The van der Waals surface area contributed by atoms with E-state index >= 15 is 0 Å². The summed E-state index contributed by atoms with van der Waals surface area (Å²) in [6.45, 7) is 11.8. The summed E-state index contributed by atoms with van der Waals surface area (Å²) in [5, 5.41) is -0.0560. The largest absolute Gasteiger partial charge is 0.374 e. The van der Waals surface area contributed by atoms with Gasteiger partial charge in [0.1, 0.15) is 19.6 Å². The molecule has 1 aromatic carbocycles. The number of ether oxygens (including phenoxy) is 2. The normalized spacial score (nSPS) is 20.2. The zero-order valence-corrected chi connectivity index (χ0v) is 22.1. The fourth-order valence-electron chi connectivity index (χ4n) is 3.65. The lowest BCUT2D eigenvalue weighted by atomic mass is 10.1. The summed E-state index contributed by atoms with van der Waals surface area (Å²) in [4.78, 5) is 4.68. The third-order valence-corrected chi connectivity index (χ3v) is 13.9. The van der Waals surface area contributed by atoms with E-state index in [9.17, 15) is 8.42 Å². The van der Waals surface area contributed by atoms with Crippen molar-refractivity contribution in [2.24, 2.45) is 0 Å². The van der Waals surface area contributed by atoms with Crippen LogP contribution < -0.4 is 5.45 Å². The summed E-state index contributed by atoms with van der Waals surface area (Å²) < 4.78 is 41.6. The highest BCUT2D eigenvalue weighted by Crippen LogP contribution is 2.38. The van der Waals surface area contributed by atoms with Crippen LogP contribution >= 0.6 is 0 Å². The molecule has 178 valence electrons. The lowest BCUT2D eigenvalue weighted by molar-refractivity contribution is -0.0218. The van der Waals surface area contributed by atoms with Crippen molar-refractivity contribution in [1.82, 2.24) is 13.3 Å². The summed E-state index contributed by atoms with van der Waals surface area (Å²) >= 11 is 0. The van der Waals surface area contributed by atoms with Crippen LogP contribution in [0.15, 0.2) is 36.5 Å². The van der Waals surface area contributed by atoms with Crippen LogP contribution in [0.2, 0.25) is 18.1 Å². The monoisotopic (exact) mass is 479 g/mol. The van der Waals surface area contributed by atoms with Gasteiger partial charge in [0.2, 0.25) is 0 Å². The molecule has 0 spiro atoms. The highest BCUT2D eigenvalue weighted by molar-refractivity contribution is 7.87. The standard InChI is InChI=1S/C23H37N3O4SSi/c1-23(2,3)32(6,7)22-24-15-20(26(22)31(27,28)25(4)5)21-14-13-19(30-21)17-29-16-18-11-9-8-10-12-18/h8-12,15,19,21H,13-14,16-17H2,1-7H3/t19-,21?/m0/s1. The van der Waals surface area contributed by atoms with Gasteiger partial charge in [-0.15, -0.1) is 0 Å². The molecule has 0 saturated carbocycles. The zero-order chi connectivity index (χ0) is 23.7. The van der Waals surface area contributed by atoms with Gasteiger partial charge >= 0.3 is 10.2 Å². The van der Waals surface area contributed by atoms with Gasteiger partial charge in [-0.25, -0.2) is 8.96 Å². The Morgan fingerprint density at radius 1 is 1.19 bits per heavy atom. The first-order valence-corrected chi connectivity index (χ1v) is 15.5. The molecule has 9 heteroatoms. The van der Waals surface area contributed by atoms with E-state index < -0.39 is 18.3 Å². The van der Waals surface area contributed by atoms with Gasteiger partial charge in [0, 0.05) is 14.1 Å². The molecule has 0 radical (unpaired) electrons. The van der Waals surface area contributed by atoms with Crippen LogP contribution in [0.1, 0.15) is 51.0 Å². The molecular weight excluding hydrogens is 442 g/mol. The Kier molecular flexibility index (Phi) is 7.36. The number of hydrogen-bond donors (Lipinski definition) is 0. The highest BCUT2D eigenvalue weighted by Gasteiger charge is 2.45. The van der Waals surface area contributed by atoms with Gasteiger partial charge in [-0.2, -0.15) is 12.7 Å². The summed E-state index contributed by atoms with van der Waals surface area (Å²) in [5.41, 5.74) is 2.40. The second-order valence-corrected chi connectivity index (χ2v) is 17.4. The molecule has 7 nitrogen and oxygen atoms in total. The molecule has 0 amide bonds. The first kappa shape index (κ1) is 25.1. The van der Waals surface area contributed by atoms with E-state index in [1.807, 2.05) is 30.3 Å². The van der Waals surface area contributed by atoms with Gasteiger partial charge < -0.3 is 9.47 Å². The molecule has 1 saturated heterocycles. The molecule has 1 aliphatic heterocycles. The predicted octanol–water partition coefficient (Wildman–Crippen LogP) is 3.69. The van der Waals surface area contributed by atoms with Crippen molar-refractivity contribution in [1.29, 1.82) is 0 Å². The summed E-state index contributed by atoms with van der Waals surface area (Å²) in [6.07, 6.45) is 2.88. The van der Waals surface area contributed by atoms with Crippen molar-refractivity contribution in [3.63, 3.8) is 0 Å². The Labute approximate surface area is 193 Å². The van der Waals surface area contributed by atoms with Crippen LogP contribution in [0.5, 0.6) is 0 Å². The maximum Gasteiger partial charge on any atom is 0.308 e. The number of hydrogen-bond acceptors (Lipinski definition) is 5. The van der Waals surface area contributed by atoms with Gasteiger partial charge in [-0.05, 0) is 23.4 Å². The van der Waals surface area contributed by atoms with Gasteiger partial charge in [0.25, 0.3) is 0 Å². The quantitative estimate of drug-likeness (QED) is 0.540. The average molecular weight is 480 g/mol. The molecule has 2 aromatic rings. The Balaban J connectivity index is 1.82. The van der Waals surface area contributed by atoms with Crippen molar-refractivity contribution in [2.45, 2.75) is 70.6 Å². The minimum atomic E-state index is -3.74. The number of imidazole rings is 1. The summed E-state index contributed by atoms with van der Waals surface area (Å²) in [5.74, 6) is 0. The molecule has 1 aliphatic rings. The zero-order valence-electron chi connectivity index (χ0n) is 20.3. The smallest absolute Gasteiger partial charge is 0.308 e. The topological polar surface area (TPSA) is 73.7 Å². The van der Waals surface area contributed by atoms with Crippen molar-refractivity contribution in [3.8, 4) is 0 Å². The first-order chi connectivity index (χ1) is 14.9. The predicted molar refractivity (Wildman–Crippen MR) is 130 cm³/mol. The second kappa shape index (κ2) is 9.38. The van der Waals surface area contributed by atoms with Gasteiger partial charge in [-0.3, -0.25) is 0 Å². The third kappa shape index (κ3) is 5.01. The summed E-state index contributed by atoms with van der Waals surface area (Å²) in [6, 6.07) is 10.0.